The Morgan fingerprint density at radius 2 is 2.10 bits per heavy atom. The maximum Gasteiger partial charge on any atom is 0.234 e. The van der Waals surface area contributed by atoms with Crippen molar-refractivity contribution >= 4 is 23.9 Å². The molecule has 0 amide bonds. The van der Waals surface area contributed by atoms with Crippen LogP contribution in [0.15, 0.2) is 0 Å². The van der Waals surface area contributed by atoms with E-state index in [-0.39, 0.29) is 16.2 Å². The molecule has 0 aromatic heterocycles. The Kier molecular flexibility index (Phi) is 7.03. The van der Waals surface area contributed by atoms with Crippen molar-refractivity contribution in [2.45, 2.75) is 83.4 Å². The summed E-state index contributed by atoms with van der Waals surface area (Å²) in [5.41, 5.74) is 0.0369. The second kappa shape index (κ2) is 7.61. The van der Waals surface area contributed by atoms with Gasteiger partial charge in [-0.05, 0) is 38.0 Å². The zero-order chi connectivity index (χ0) is 15.4. The molecule has 20 heavy (non-hydrogen) atoms. The third-order valence-corrected chi connectivity index (χ3v) is 6.22. The molecule has 0 aromatic carbocycles. The van der Waals surface area contributed by atoms with E-state index in [4.69, 9.17) is 12.6 Å². The second-order valence-corrected chi connectivity index (χ2v) is 8.65. The van der Waals surface area contributed by atoms with Gasteiger partial charge in [-0.3, -0.25) is 4.55 Å². The molecule has 5 heteroatoms. The summed E-state index contributed by atoms with van der Waals surface area (Å²) in [6, 6.07) is 0.0446. The van der Waals surface area contributed by atoms with E-state index in [0.717, 1.165) is 44.9 Å². The van der Waals surface area contributed by atoms with Crippen molar-refractivity contribution in [1.29, 1.82) is 0 Å². The third-order valence-electron chi connectivity index (χ3n) is 4.96. The van der Waals surface area contributed by atoms with Crippen LogP contribution in [0.2, 0.25) is 0 Å². The zero-order valence-electron chi connectivity index (χ0n) is 13.4. The number of hydrogen-bond acceptors (Lipinski definition) is 2. The largest absolute Gasteiger partial charge is 0.294 e. The van der Waals surface area contributed by atoms with Crippen molar-refractivity contribution in [2.75, 3.05) is 6.54 Å². The third kappa shape index (κ3) is 4.21. The van der Waals surface area contributed by atoms with E-state index in [2.05, 4.69) is 27.7 Å². The number of unbranched alkanes of at least 4 members (excludes halogenated alkanes) is 1. The van der Waals surface area contributed by atoms with E-state index in [9.17, 15) is 8.76 Å². The number of nitrogens with zero attached hydrogens (tertiary/aromatic N) is 1. The van der Waals surface area contributed by atoms with Crippen LogP contribution in [0.25, 0.3) is 0 Å². The Morgan fingerprint density at radius 1 is 1.45 bits per heavy atom. The van der Waals surface area contributed by atoms with Crippen molar-refractivity contribution in [3.05, 3.63) is 0 Å². The van der Waals surface area contributed by atoms with E-state index in [1.807, 2.05) is 0 Å². The molecule has 1 N–H and O–H groups in total. The van der Waals surface area contributed by atoms with Gasteiger partial charge in [-0.25, -0.2) is 4.21 Å². The number of hydrogen-bond donors (Lipinski definition) is 2. The highest BCUT2D eigenvalue weighted by molar-refractivity contribution is 7.82. The minimum atomic E-state index is -1.91. The molecule has 4 atom stereocenters. The van der Waals surface area contributed by atoms with Crippen molar-refractivity contribution in [3.8, 4) is 0 Å². The Bertz CT molecular complexity index is 336. The number of rotatable bonds is 6. The van der Waals surface area contributed by atoms with Gasteiger partial charge < -0.3 is 0 Å². The van der Waals surface area contributed by atoms with Gasteiger partial charge in [0.2, 0.25) is 11.3 Å². The van der Waals surface area contributed by atoms with Gasteiger partial charge >= 0.3 is 0 Å². The van der Waals surface area contributed by atoms with Crippen LogP contribution in [-0.2, 0) is 11.3 Å². The molecule has 4 unspecified atom stereocenters. The van der Waals surface area contributed by atoms with Gasteiger partial charge in [0.15, 0.2) is 0 Å². The molecule has 0 aromatic rings. The van der Waals surface area contributed by atoms with E-state index in [1.54, 1.807) is 4.31 Å². The monoisotopic (exact) mass is 321 g/mol. The lowest BCUT2D eigenvalue weighted by Gasteiger charge is -2.48. The summed E-state index contributed by atoms with van der Waals surface area (Å²) < 4.78 is 23.2. The van der Waals surface area contributed by atoms with Gasteiger partial charge in [0, 0.05) is 17.3 Å². The lowest BCUT2D eigenvalue weighted by molar-refractivity contribution is 0.0972. The highest BCUT2D eigenvalue weighted by Crippen LogP contribution is 2.46. The van der Waals surface area contributed by atoms with Gasteiger partial charge in [-0.1, -0.05) is 40.0 Å². The highest BCUT2D eigenvalue weighted by Gasteiger charge is 2.48. The molecular formula is C15H31NO2S2. The van der Waals surface area contributed by atoms with Crippen LogP contribution in [0.5, 0.6) is 0 Å². The molecule has 0 saturated carbocycles. The molecule has 1 heterocycles. The molecular weight excluding hydrogens is 290 g/mol. The SMILES string of the molecule is CCCCC(C)(CC)C1N(S(=O)O)CCCCC1(C)S. The first-order valence-electron chi connectivity index (χ1n) is 7.88. The minimum absolute atomic E-state index is 0.0369. The second-order valence-electron chi connectivity index (χ2n) is 6.70. The van der Waals surface area contributed by atoms with Gasteiger partial charge in [0.25, 0.3) is 0 Å². The van der Waals surface area contributed by atoms with Gasteiger partial charge in [0.05, 0.1) is 0 Å². The highest BCUT2D eigenvalue weighted by atomic mass is 32.2. The van der Waals surface area contributed by atoms with Crippen LogP contribution in [0.3, 0.4) is 0 Å². The Balaban J connectivity index is 3.15. The lowest BCUT2D eigenvalue weighted by atomic mass is 9.70. The van der Waals surface area contributed by atoms with Crippen molar-refractivity contribution in [2.24, 2.45) is 5.41 Å². The maximum absolute atomic E-state index is 11.8. The van der Waals surface area contributed by atoms with E-state index in [1.165, 1.54) is 0 Å². The summed E-state index contributed by atoms with van der Waals surface area (Å²) in [6.45, 7) is 9.51. The first-order valence-corrected chi connectivity index (χ1v) is 9.39. The first kappa shape index (κ1) is 18.5. The summed E-state index contributed by atoms with van der Waals surface area (Å²) in [5, 5.41) is 0. The average Bonchev–Trinajstić information content (AvgIpc) is 2.54. The van der Waals surface area contributed by atoms with Crippen LogP contribution in [0.1, 0.15) is 72.6 Å². The normalized spacial score (nSPS) is 33.4. The summed E-state index contributed by atoms with van der Waals surface area (Å²) in [6.07, 6.45) is 7.50. The fourth-order valence-corrected chi connectivity index (χ4v) is 5.32. The molecule has 1 fully saturated rings. The molecule has 0 bridgehead atoms. The molecule has 0 radical (unpaired) electrons. The quantitative estimate of drug-likeness (QED) is 0.566. The topological polar surface area (TPSA) is 40.5 Å². The van der Waals surface area contributed by atoms with Crippen LogP contribution in [-0.4, -0.2) is 30.4 Å². The van der Waals surface area contributed by atoms with Crippen LogP contribution < -0.4 is 0 Å². The smallest absolute Gasteiger partial charge is 0.234 e. The van der Waals surface area contributed by atoms with Gasteiger partial charge in [0.1, 0.15) is 0 Å². The zero-order valence-corrected chi connectivity index (χ0v) is 15.1. The van der Waals surface area contributed by atoms with Crippen molar-refractivity contribution < 1.29 is 8.76 Å². The standard InChI is InChI=1S/C15H31NO2S2/c1-5-7-10-14(3,6-2)13-15(4,19)11-8-9-12-16(13)20(17)18/h13,19H,5-12H2,1-4H3,(H,17,18). The Labute approximate surface area is 132 Å². The van der Waals surface area contributed by atoms with E-state index >= 15 is 0 Å². The summed E-state index contributed by atoms with van der Waals surface area (Å²) in [4.78, 5) is 0. The maximum atomic E-state index is 11.8. The first-order chi connectivity index (χ1) is 9.28. The van der Waals surface area contributed by atoms with Crippen LogP contribution in [0, 0.1) is 5.41 Å². The van der Waals surface area contributed by atoms with Crippen LogP contribution >= 0.6 is 12.6 Å². The molecule has 3 nitrogen and oxygen atoms in total. The van der Waals surface area contributed by atoms with Crippen molar-refractivity contribution in [3.63, 3.8) is 0 Å². The minimum Gasteiger partial charge on any atom is -0.294 e. The molecule has 1 aliphatic rings. The lowest BCUT2D eigenvalue weighted by Crippen LogP contribution is -2.56. The molecule has 1 rings (SSSR count). The molecule has 120 valence electrons. The molecule has 1 aliphatic heterocycles. The summed E-state index contributed by atoms with van der Waals surface area (Å²) >= 11 is 3.01. The van der Waals surface area contributed by atoms with E-state index in [0.29, 0.717) is 6.54 Å². The Hall–Kier alpha value is 0.420. The Morgan fingerprint density at radius 3 is 2.60 bits per heavy atom. The fraction of sp³-hybridized carbons (Fsp3) is 1.00. The predicted molar refractivity (Wildman–Crippen MR) is 90.4 cm³/mol. The molecule has 0 aliphatic carbocycles. The average molecular weight is 322 g/mol. The molecule has 1 saturated heterocycles. The van der Waals surface area contributed by atoms with Gasteiger partial charge in [-0.15, -0.1) is 0 Å². The fourth-order valence-electron chi connectivity index (χ4n) is 3.68. The van der Waals surface area contributed by atoms with Crippen LogP contribution in [0.4, 0.5) is 0 Å². The van der Waals surface area contributed by atoms with Gasteiger partial charge in [-0.2, -0.15) is 16.9 Å². The van der Waals surface area contributed by atoms with E-state index < -0.39 is 11.3 Å². The number of thiol groups is 1. The van der Waals surface area contributed by atoms with Crippen molar-refractivity contribution in [1.82, 2.24) is 4.31 Å². The predicted octanol–water partition coefficient (Wildman–Crippen LogP) is 4.27. The summed E-state index contributed by atoms with van der Waals surface area (Å²) in [7, 11) is 0. The summed E-state index contributed by atoms with van der Waals surface area (Å²) in [5.74, 6) is 0. The molecule has 0 spiro atoms.